The van der Waals surface area contributed by atoms with Crippen molar-refractivity contribution in [1.29, 1.82) is 0 Å². The third-order valence-corrected chi connectivity index (χ3v) is 4.66. The number of allylic oxidation sites excluding steroid dienone is 1. The van der Waals surface area contributed by atoms with Gasteiger partial charge in [-0.15, -0.1) is 5.10 Å². The third kappa shape index (κ3) is 3.25. The van der Waals surface area contributed by atoms with Crippen molar-refractivity contribution in [2.45, 2.75) is 27.0 Å². The van der Waals surface area contributed by atoms with Crippen LogP contribution in [0.15, 0.2) is 47.1 Å². The number of fused-ring (bicyclic) bond motifs is 1. The number of aryl methyl sites for hydroxylation is 1. The van der Waals surface area contributed by atoms with E-state index in [9.17, 15) is 0 Å². The largest absolute Gasteiger partial charge is 0.470 e. The van der Waals surface area contributed by atoms with Gasteiger partial charge >= 0.3 is 0 Å². The SMILES string of the molecule is Cc1c(C)n(CC(Cl)=CCl)c2c(OCc3ccccc3)nncc12. The highest BCUT2D eigenvalue weighted by Crippen LogP contribution is 2.31. The van der Waals surface area contributed by atoms with Gasteiger partial charge in [-0.25, -0.2) is 0 Å². The molecular formula is C18H17Cl2N3O. The zero-order valence-corrected chi connectivity index (χ0v) is 15.0. The second-order valence-corrected chi connectivity index (χ2v) is 6.24. The molecule has 0 unspecified atom stereocenters. The highest BCUT2D eigenvalue weighted by atomic mass is 35.5. The molecule has 0 bridgehead atoms. The van der Waals surface area contributed by atoms with Crippen molar-refractivity contribution in [1.82, 2.24) is 14.8 Å². The molecule has 0 N–H and O–H groups in total. The van der Waals surface area contributed by atoms with Crippen LogP contribution in [0.25, 0.3) is 10.9 Å². The second-order valence-electron chi connectivity index (χ2n) is 5.54. The fraction of sp³-hybridized carbons (Fsp3) is 0.222. The van der Waals surface area contributed by atoms with Crippen molar-refractivity contribution in [3.05, 3.63) is 63.9 Å². The van der Waals surface area contributed by atoms with Gasteiger partial charge < -0.3 is 9.30 Å². The van der Waals surface area contributed by atoms with Gasteiger partial charge in [-0.2, -0.15) is 5.10 Å². The summed E-state index contributed by atoms with van der Waals surface area (Å²) in [6, 6.07) is 9.95. The third-order valence-electron chi connectivity index (χ3n) is 4.06. The van der Waals surface area contributed by atoms with E-state index in [1.54, 1.807) is 6.20 Å². The number of hydrogen-bond acceptors (Lipinski definition) is 3. The van der Waals surface area contributed by atoms with Crippen LogP contribution in [0.1, 0.15) is 16.8 Å². The molecule has 3 rings (SSSR count). The normalized spacial score (nSPS) is 11.9. The maximum atomic E-state index is 6.14. The van der Waals surface area contributed by atoms with Gasteiger partial charge in [-0.3, -0.25) is 0 Å². The lowest BCUT2D eigenvalue weighted by Crippen LogP contribution is -2.04. The van der Waals surface area contributed by atoms with Crippen molar-refractivity contribution in [3.63, 3.8) is 0 Å². The van der Waals surface area contributed by atoms with E-state index in [1.165, 1.54) is 5.54 Å². The Bertz CT molecular complexity index is 888. The number of hydrogen-bond donors (Lipinski definition) is 0. The number of aromatic nitrogens is 3. The lowest BCUT2D eigenvalue weighted by Gasteiger charge is -2.11. The number of benzene rings is 1. The van der Waals surface area contributed by atoms with Crippen LogP contribution in [-0.4, -0.2) is 14.8 Å². The Labute approximate surface area is 150 Å². The quantitative estimate of drug-likeness (QED) is 0.645. The monoisotopic (exact) mass is 361 g/mol. The van der Waals surface area contributed by atoms with Gasteiger partial charge in [-0.05, 0) is 25.0 Å². The van der Waals surface area contributed by atoms with Crippen LogP contribution in [0.2, 0.25) is 0 Å². The summed E-state index contributed by atoms with van der Waals surface area (Å²) in [5, 5.41) is 9.81. The van der Waals surface area contributed by atoms with Crippen molar-refractivity contribution in [2.75, 3.05) is 0 Å². The molecule has 2 heterocycles. The van der Waals surface area contributed by atoms with Crippen LogP contribution in [-0.2, 0) is 13.2 Å². The molecule has 0 aliphatic rings. The smallest absolute Gasteiger partial charge is 0.258 e. The van der Waals surface area contributed by atoms with E-state index in [2.05, 4.69) is 21.7 Å². The standard InChI is InChI=1S/C18H17Cl2N3O/c1-12-13(2)23(10-15(20)8-19)17-16(12)9-21-22-18(17)24-11-14-6-4-3-5-7-14/h3-9H,10-11H2,1-2H3. The first-order valence-electron chi connectivity index (χ1n) is 7.54. The van der Waals surface area contributed by atoms with E-state index in [4.69, 9.17) is 27.9 Å². The van der Waals surface area contributed by atoms with Crippen molar-refractivity contribution in [2.24, 2.45) is 0 Å². The second kappa shape index (κ2) is 7.24. The Hall–Kier alpha value is -2.04. The van der Waals surface area contributed by atoms with E-state index < -0.39 is 0 Å². The molecular weight excluding hydrogens is 345 g/mol. The lowest BCUT2D eigenvalue weighted by molar-refractivity contribution is 0.293. The first-order valence-corrected chi connectivity index (χ1v) is 8.35. The molecule has 0 fully saturated rings. The maximum Gasteiger partial charge on any atom is 0.258 e. The minimum absolute atomic E-state index is 0.428. The summed E-state index contributed by atoms with van der Waals surface area (Å²) < 4.78 is 8.00. The first kappa shape index (κ1) is 16.8. The number of rotatable bonds is 5. The topological polar surface area (TPSA) is 39.9 Å². The Kier molecular flexibility index (Phi) is 5.07. The molecule has 0 saturated carbocycles. The van der Waals surface area contributed by atoms with E-state index in [0.717, 1.165) is 27.7 Å². The Morgan fingerprint density at radius 1 is 1.25 bits per heavy atom. The van der Waals surface area contributed by atoms with E-state index in [0.29, 0.717) is 24.1 Å². The summed E-state index contributed by atoms with van der Waals surface area (Å²) in [4.78, 5) is 0. The van der Waals surface area contributed by atoms with Crippen LogP contribution in [0, 0.1) is 13.8 Å². The zero-order chi connectivity index (χ0) is 17.1. The predicted octanol–water partition coefficient (Wildman–Crippen LogP) is 4.95. The van der Waals surface area contributed by atoms with Crippen LogP contribution < -0.4 is 4.74 Å². The van der Waals surface area contributed by atoms with Gasteiger partial charge in [0.05, 0.1) is 12.7 Å². The molecule has 0 amide bonds. The summed E-state index contributed by atoms with van der Waals surface area (Å²) in [7, 11) is 0. The summed E-state index contributed by atoms with van der Waals surface area (Å²) in [6.45, 7) is 4.98. The van der Waals surface area contributed by atoms with Gasteiger partial charge in [0.2, 0.25) is 0 Å². The molecule has 4 nitrogen and oxygen atoms in total. The maximum absolute atomic E-state index is 6.14. The van der Waals surface area contributed by atoms with Gasteiger partial charge in [0, 0.05) is 21.6 Å². The average molecular weight is 362 g/mol. The Balaban J connectivity index is 2.03. The summed E-state index contributed by atoms with van der Waals surface area (Å²) in [5.74, 6) is 0.492. The fourth-order valence-electron chi connectivity index (χ4n) is 2.67. The molecule has 0 spiro atoms. The molecule has 0 saturated heterocycles. The van der Waals surface area contributed by atoms with Crippen molar-refractivity contribution < 1.29 is 4.74 Å². The number of halogens is 2. The highest BCUT2D eigenvalue weighted by molar-refractivity contribution is 6.36. The van der Waals surface area contributed by atoms with E-state index >= 15 is 0 Å². The lowest BCUT2D eigenvalue weighted by atomic mass is 10.2. The molecule has 24 heavy (non-hydrogen) atoms. The van der Waals surface area contributed by atoms with Gasteiger partial charge in [0.15, 0.2) is 0 Å². The van der Waals surface area contributed by atoms with Crippen LogP contribution in [0.5, 0.6) is 5.88 Å². The molecule has 0 aliphatic carbocycles. The van der Waals surface area contributed by atoms with Crippen LogP contribution in [0.3, 0.4) is 0 Å². The van der Waals surface area contributed by atoms with Crippen LogP contribution >= 0.6 is 23.2 Å². The summed E-state index contributed by atoms with van der Waals surface area (Å²) in [5.41, 5.74) is 5.54. The minimum atomic E-state index is 0.428. The van der Waals surface area contributed by atoms with Crippen molar-refractivity contribution in [3.8, 4) is 5.88 Å². The van der Waals surface area contributed by atoms with E-state index in [1.807, 2.05) is 37.3 Å². The van der Waals surface area contributed by atoms with Gasteiger partial charge in [0.25, 0.3) is 5.88 Å². The van der Waals surface area contributed by atoms with Gasteiger partial charge in [-0.1, -0.05) is 53.5 Å². The molecule has 1 aromatic carbocycles. The molecule has 124 valence electrons. The van der Waals surface area contributed by atoms with E-state index in [-0.39, 0.29) is 0 Å². The molecule has 2 aromatic heterocycles. The van der Waals surface area contributed by atoms with Crippen molar-refractivity contribution >= 4 is 34.1 Å². The summed E-state index contributed by atoms with van der Waals surface area (Å²) >= 11 is 11.9. The molecule has 3 aromatic rings. The molecule has 0 aliphatic heterocycles. The highest BCUT2D eigenvalue weighted by Gasteiger charge is 2.17. The summed E-state index contributed by atoms with van der Waals surface area (Å²) in [6.07, 6.45) is 1.75. The number of ether oxygens (including phenoxy) is 1. The zero-order valence-electron chi connectivity index (χ0n) is 13.5. The van der Waals surface area contributed by atoms with Crippen LogP contribution in [0.4, 0.5) is 0 Å². The van der Waals surface area contributed by atoms with Gasteiger partial charge in [0.1, 0.15) is 12.1 Å². The predicted molar refractivity (Wildman–Crippen MR) is 97.6 cm³/mol. The molecule has 6 heteroatoms. The molecule has 0 atom stereocenters. The first-order chi connectivity index (χ1) is 11.6. The molecule has 0 radical (unpaired) electrons. The number of nitrogens with zero attached hydrogens (tertiary/aromatic N) is 3. The minimum Gasteiger partial charge on any atom is -0.470 e. The Morgan fingerprint density at radius 2 is 2.00 bits per heavy atom. The average Bonchev–Trinajstić information content (AvgIpc) is 2.86. The fourth-order valence-corrected chi connectivity index (χ4v) is 2.86. The Morgan fingerprint density at radius 3 is 2.71 bits per heavy atom.